The van der Waals surface area contributed by atoms with Gasteiger partial charge < -0.3 is 20.3 Å². The molecule has 2 aliphatic heterocycles. The number of piperidine rings is 1. The Morgan fingerprint density at radius 2 is 2.04 bits per heavy atom. The number of likely N-dealkylation sites (tertiary alicyclic amines) is 1. The lowest BCUT2D eigenvalue weighted by atomic mass is 9.97. The molecule has 142 valence electrons. The minimum atomic E-state index is -0.336. The Balaban J connectivity index is 1.41. The van der Waals surface area contributed by atoms with E-state index in [9.17, 15) is 14.0 Å². The van der Waals surface area contributed by atoms with Crippen LogP contribution < -0.4 is 15.4 Å². The maximum absolute atomic E-state index is 12.9. The number of benzene rings is 1. The number of nitrogens with one attached hydrogen (secondary N) is 2. The van der Waals surface area contributed by atoms with Gasteiger partial charge in [-0.05, 0) is 62.4 Å². The Morgan fingerprint density at radius 3 is 2.77 bits per heavy atom. The third-order valence-electron chi connectivity index (χ3n) is 4.99. The molecule has 0 spiro atoms. The van der Waals surface area contributed by atoms with Crippen LogP contribution in [0.4, 0.5) is 4.39 Å². The molecule has 2 aliphatic rings. The zero-order chi connectivity index (χ0) is 18.4. The van der Waals surface area contributed by atoms with Crippen LogP contribution in [-0.4, -0.2) is 55.5 Å². The molecule has 2 fully saturated rings. The molecule has 3 rings (SSSR count). The second kappa shape index (κ2) is 8.98. The van der Waals surface area contributed by atoms with E-state index in [1.165, 1.54) is 24.3 Å². The minimum Gasteiger partial charge on any atom is -0.484 e. The van der Waals surface area contributed by atoms with Crippen LogP contribution in [0, 0.1) is 11.7 Å². The number of hydrogen-bond acceptors (Lipinski definition) is 4. The maximum atomic E-state index is 12.9. The van der Waals surface area contributed by atoms with E-state index in [1.807, 2.05) is 0 Å². The van der Waals surface area contributed by atoms with Crippen molar-refractivity contribution in [2.75, 3.05) is 32.8 Å². The molecule has 1 aromatic carbocycles. The number of nitrogens with zero attached hydrogens (tertiary/aromatic N) is 1. The molecule has 2 N–H and O–H groups in total. The smallest absolute Gasteiger partial charge is 0.260 e. The fourth-order valence-electron chi connectivity index (χ4n) is 3.50. The summed E-state index contributed by atoms with van der Waals surface area (Å²) in [5.74, 6) is 0.388. The van der Waals surface area contributed by atoms with Crippen molar-refractivity contribution < 1.29 is 18.7 Å². The average molecular weight is 363 g/mol. The summed E-state index contributed by atoms with van der Waals surface area (Å²) in [5, 5.41) is 6.20. The fraction of sp³-hybridized carbons (Fsp3) is 0.579. The topological polar surface area (TPSA) is 70.7 Å². The molecule has 2 heterocycles. The van der Waals surface area contributed by atoms with E-state index in [4.69, 9.17) is 4.74 Å². The summed E-state index contributed by atoms with van der Waals surface area (Å²) in [6.45, 7) is 2.78. The Kier molecular flexibility index (Phi) is 6.44. The third-order valence-corrected chi connectivity index (χ3v) is 4.99. The molecule has 6 nitrogen and oxygen atoms in total. The van der Waals surface area contributed by atoms with Gasteiger partial charge >= 0.3 is 0 Å². The van der Waals surface area contributed by atoms with Crippen LogP contribution >= 0.6 is 0 Å². The van der Waals surface area contributed by atoms with E-state index < -0.39 is 0 Å². The summed E-state index contributed by atoms with van der Waals surface area (Å²) in [6.07, 6.45) is 3.85. The molecule has 26 heavy (non-hydrogen) atoms. The largest absolute Gasteiger partial charge is 0.484 e. The second-order valence-electron chi connectivity index (χ2n) is 6.98. The highest BCUT2D eigenvalue weighted by molar-refractivity contribution is 5.82. The molecule has 7 heteroatoms. The second-order valence-corrected chi connectivity index (χ2v) is 6.98. The van der Waals surface area contributed by atoms with Gasteiger partial charge in [0, 0.05) is 19.6 Å². The van der Waals surface area contributed by atoms with Gasteiger partial charge in [0.15, 0.2) is 6.61 Å². The van der Waals surface area contributed by atoms with Gasteiger partial charge in [-0.3, -0.25) is 9.59 Å². The van der Waals surface area contributed by atoms with E-state index in [-0.39, 0.29) is 36.2 Å². The van der Waals surface area contributed by atoms with Crippen molar-refractivity contribution in [2.45, 2.75) is 31.7 Å². The molecule has 2 saturated heterocycles. The first-order valence-corrected chi connectivity index (χ1v) is 9.29. The van der Waals surface area contributed by atoms with Crippen molar-refractivity contribution >= 4 is 11.8 Å². The lowest BCUT2D eigenvalue weighted by Gasteiger charge is -2.33. The quantitative estimate of drug-likeness (QED) is 0.800. The van der Waals surface area contributed by atoms with Gasteiger partial charge in [-0.1, -0.05) is 0 Å². The Hall–Kier alpha value is -2.15. The first-order valence-electron chi connectivity index (χ1n) is 9.29. The summed E-state index contributed by atoms with van der Waals surface area (Å²) in [7, 11) is 0. The number of halogens is 1. The molecule has 1 aromatic rings. The highest BCUT2D eigenvalue weighted by atomic mass is 19.1. The van der Waals surface area contributed by atoms with Gasteiger partial charge in [0.2, 0.25) is 5.91 Å². The van der Waals surface area contributed by atoms with Crippen molar-refractivity contribution in [1.29, 1.82) is 0 Å². The average Bonchev–Trinajstić information content (AvgIpc) is 3.20. The number of carbonyl (C=O) groups excluding carboxylic acids is 2. The Bertz CT molecular complexity index is 617. The zero-order valence-electron chi connectivity index (χ0n) is 14.9. The van der Waals surface area contributed by atoms with Crippen LogP contribution in [0.25, 0.3) is 0 Å². The van der Waals surface area contributed by atoms with Crippen LogP contribution in [-0.2, 0) is 9.59 Å². The van der Waals surface area contributed by atoms with Crippen molar-refractivity contribution in [3.8, 4) is 5.75 Å². The normalized spacial score (nSPS) is 22.9. The van der Waals surface area contributed by atoms with Crippen molar-refractivity contribution in [1.82, 2.24) is 15.5 Å². The van der Waals surface area contributed by atoms with Gasteiger partial charge in [0.05, 0.1) is 6.04 Å². The predicted molar refractivity (Wildman–Crippen MR) is 95.2 cm³/mol. The van der Waals surface area contributed by atoms with Crippen molar-refractivity contribution in [3.05, 3.63) is 30.1 Å². The SMILES string of the molecule is O=C(NCC1CCCN(C(=O)COc2ccc(F)cc2)C1)C1CCCN1. The first-order chi connectivity index (χ1) is 12.6. The number of ether oxygens (including phenoxy) is 1. The maximum Gasteiger partial charge on any atom is 0.260 e. The highest BCUT2D eigenvalue weighted by Gasteiger charge is 2.26. The molecule has 0 aromatic heterocycles. The zero-order valence-corrected chi connectivity index (χ0v) is 14.9. The number of rotatable bonds is 6. The molecule has 2 amide bonds. The van der Waals surface area contributed by atoms with Gasteiger partial charge in [-0.25, -0.2) is 4.39 Å². The lowest BCUT2D eigenvalue weighted by Crippen LogP contribution is -2.47. The summed E-state index contributed by atoms with van der Waals surface area (Å²) in [4.78, 5) is 26.2. The molecule has 0 saturated carbocycles. The van der Waals surface area contributed by atoms with Crippen molar-refractivity contribution in [3.63, 3.8) is 0 Å². The van der Waals surface area contributed by atoms with E-state index in [2.05, 4.69) is 10.6 Å². The van der Waals surface area contributed by atoms with Gasteiger partial charge in [-0.15, -0.1) is 0 Å². The summed E-state index contributed by atoms with van der Waals surface area (Å²) in [6, 6.07) is 5.56. The number of carbonyl (C=O) groups is 2. The molecular formula is C19H26FN3O3. The van der Waals surface area contributed by atoms with Crippen LogP contribution in [0.15, 0.2) is 24.3 Å². The van der Waals surface area contributed by atoms with E-state index >= 15 is 0 Å². The predicted octanol–water partition coefficient (Wildman–Crippen LogP) is 1.31. The number of hydrogen-bond donors (Lipinski definition) is 2. The molecule has 0 bridgehead atoms. The van der Waals surface area contributed by atoms with Crippen LogP contribution in [0.5, 0.6) is 5.75 Å². The Morgan fingerprint density at radius 1 is 1.23 bits per heavy atom. The third kappa shape index (κ3) is 5.17. The summed E-state index contributed by atoms with van der Waals surface area (Å²) < 4.78 is 18.3. The standard InChI is InChI=1S/C19H26FN3O3/c20-15-5-7-16(8-6-15)26-13-18(24)23-10-2-3-14(12-23)11-22-19(25)17-4-1-9-21-17/h5-8,14,17,21H,1-4,9-13H2,(H,22,25). The summed E-state index contributed by atoms with van der Waals surface area (Å²) >= 11 is 0. The fourth-order valence-corrected chi connectivity index (χ4v) is 3.50. The minimum absolute atomic E-state index is 0.0588. The first kappa shape index (κ1) is 18.6. The highest BCUT2D eigenvalue weighted by Crippen LogP contribution is 2.17. The van der Waals surface area contributed by atoms with Gasteiger partial charge in [0.1, 0.15) is 11.6 Å². The van der Waals surface area contributed by atoms with E-state index in [0.717, 1.165) is 32.2 Å². The molecule has 2 unspecified atom stereocenters. The van der Waals surface area contributed by atoms with Crippen molar-refractivity contribution in [2.24, 2.45) is 5.92 Å². The van der Waals surface area contributed by atoms with Gasteiger partial charge in [0.25, 0.3) is 5.91 Å². The van der Waals surface area contributed by atoms with E-state index in [1.54, 1.807) is 4.90 Å². The molecule has 0 radical (unpaired) electrons. The number of amides is 2. The van der Waals surface area contributed by atoms with Crippen LogP contribution in [0.2, 0.25) is 0 Å². The molecule has 2 atom stereocenters. The molecular weight excluding hydrogens is 337 g/mol. The molecule has 0 aliphatic carbocycles. The van der Waals surface area contributed by atoms with Crippen LogP contribution in [0.3, 0.4) is 0 Å². The Labute approximate surface area is 153 Å². The monoisotopic (exact) mass is 363 g/mol. The van der Waals surface area contributed by atoms with Crippen LogP contribution in [0.1, 0.15) is 25.7 Å². The summed E-state index contributed by atoms with van der Waals surface area (Å²) in [5.41, 5.74) is 0. The lowest BCUT2D eigenvalue weighted by molar-refractivity contribution is -0.135. The van der Waals surface area contributed by atoms with E-state index in [0.29, 0.717) is 25.4 Å². The van der Waals surface area contributed by atoms with Gasteiger partial charge in [-0.2, -0.15) is 0 Å².